The molecular weight excluding hydrogens is 391 g/mol. The molecule has 10 heteroatoms. The number of benzene rings is 1. The summed E-state index contributed by atoms with van der Waals surface area (Å²) < 4.78 is 44.6. The molecule has 3 heterocycles. The number of likely N-dealkylation sites (tertiary alicyclic amines) is 1. The number of carbonyl (C=O) groups excluding carboxylic acids is 1. The number of anilines is 1. The average Bonchev–Trinajstić information content (AvgIpc) is 3.16. The van der Waals surface area contributed by atoms with Crippen molar-refractivity contribution in [2.24, 2.45) is 11.3 Å². The van der Waals surface area contributed by atoms with E-state index < -0.39 is 17.0 Å². The van der Waals surface area contributed by atoms with Gasteiger partial charge in [-0.05, 0) is 25.3 Å². The van der Waals surface area contributed by atoms with Crippen molar-refractivity contribution >= 4 is 17.3 Å². The lowest BCUT2D eigenvalue weighted by Gasteiger charge is -2.47. The van der Waals surface area contributed by atoms with Crippen molar-refractivity contribution in [3.8, 4) is 0 Å². The van der Waals surface area contributed by atoms with Gasteiger partial charge in [-0.15, -0.1) is 0 Å². The summed E-state index contributed by atoms with van der Waals surface area (Å²) in [6.45, 7) is 2.29. The molecule has 0 aliphatic carbocycles. The third-order valence-corrected chi connectivity index (χ3v) is 6.34. The zero-order valence-corrected chi connectivity index (χ0v) is 15.8. The van der Waals surface area contributed by atoms with E-state index in [4.69, 9.17) is 4.74 Å². The Kier molecular flexibility index (Phi) is 4.92. The maximum absolute atomic E-state index is 13.1. The van der Waals surface area contributed by atoms with Crippen molar-refractivity contribution in [1.82, 2.24) is 4.90 Å². The zero-order valence-electron chi connectivity index (χ0n) is 15.8. The minimum Gasteiger partial charge on any atom is -0.380 e. The largest absolute Gasteiger partial charge is 0.393 e. The number of hydrogen-bond donors (Lipinski definition) is 0. The second kappa shape index (κ2) is 7.16. The van der Waals surface area contributed by atoms with Crippen molar-refractivity contribution in [2.45, 2.75) is 25.4 Å². The molecule has 0 bridgehead atoms. The van der Waals surface area contributed by atoms with Crippen LogP contribution in [0.15, 0.2) is 18.2 Å². The molecule has 1 amide bonds. The van der Waals surface area contributed by atoms with Gasteiger partial charge < -0.3 is 14.5 Å². The summed E-state index contributed by atoms with van der Waals surface area (Å²) in [6, 6.07) is 3.82. The Morgan fingerprint density at radius 3 is 2.41 bits per heavy atom. The highest BCUT2D eigenvalue weighted by Crippen LogP contribution is 2.40. The molecule has 1 atom stereocenters. The fourth-order valence-electron chi connectivity index (χ4n) is 4.36. The standard InChI is InChI=1S/C19H22F3N3O4/c20-19(21,22)13-3-6-24(10-13)16-9-14(25(27)28)1-2-15(16)17(26)23-7-4-18(5-8-23)11-29-12-18/h1-2,9,13H,3-8,10-12H2. The number of nitro benzene ring substituents is 1. The highest BCUT2D eigenvalue weighted by molar-refractivity contribution is 6.00. The van der Waals surface area contributed by atoms with E-state index in [2.05, 4.69) is 0 Å². The quantitative estimate of drug-likeness (QED) is 0.562. The van der Waals surface area contributed by atoms with E-state index in [0.29, 0.717) is 26.3 Å². The lowest BCUT2D eigenvalue weighted by Crippen LogP contribution is -2.52. The van der Waals surface area contributed by atoms with Crippen LogP contribution in [0.2, 0.25) is 0 Å². The van der Waals surface area contributed by atoms with Crippen LogP contribution in [0, 0.1) is 21.4 Å². The molecule has 1 spiro atoms. The number of piperidine rings is 1. The Hall–Kier alpha value is -2.36. The Morgan fingerprint density at radius 2 is 1.90 bits per heavy atom. The number of alkyl halides is 3. The SMILES string of the molecule is O=C(c1ccc([N+](=O)[O-])cc1N1CCC(C(F)(F)F)C1)N1CCC2(CC1)COC2. The molecule has 0 saturated carbocycles. The maximum atomic E-state index is 13.1. The van der Waals surface area contributed by atoms with E-state index in [9.17, 15) is 28.1 Å². The normalized spacial score (nSPS) is 23.9. The molecule has 1 aromatic carbocycles. The molecule has 7 nitrogen and oxygen atoms in total. The maximum Gasteiger partial charge on any atom is 0.393 e. The summed E-state index contributed by atoms with van der Waals surface area (Å²) in [5.41, 5.74) is 0.336. The van der Waals surface area contributed by atoms with Gasteiger partial charge >= 0.3 is 6.18 Å². The molecule has 0 radical (unpaired) electrons. The summed E-state index contributed by atoms with van der Waals surface area (Å²) in [4.78, 5) is 26.8. The molecule has 158 valence electrons. The van der Waals surface area contributed by atoms with Gasteiger partial charge in [-0.3, -0.25) is 14.9 Å². The molecule has 1 unspecified atom stereocenters. The molecule has 3 aliphatic rings. The van der Waals surface area contributed by atoms with Crippen molar-refractivity contribution in [3.63, 3.8) is 0 Å². The minimum absolute atomic E-state index is 0.0912. The van der Waals surface area contributed by atoms with Crippen LogP contribution < -0.4 is 4.90 Å². The first-order valence-corrected chi connectivity index (χ1v) is 9.66. The van der Waals surface area contributed by atoms with Gasteiger partial charge in [-0.2, -0.15) is 13.2 Å². The topological polar surface area (TPSA) is 75.9 Å². The van der Waals surface area contributed by atoms with Crippen molar-refractivity contribution in [2.75, 3.05) is 44.3 Å². The van der Waals surface area contributed by atoms with Gasteiger partial charge in [0.1, 0.15) is 0 Å². The highest BCUT2D eigenvalue weighted by Gasteiger charge is 2.45. The van der Waals surface area contributed by atoms with Gasteiger partial charge in [0.05, 0.1) is 35.3 Å². The number of non-ortho nitro benzene ring substituents is 1. The summed E-state index contributed by atoms with van der Waals surface area (Å²) in [7, 11) is 0. The van der Waals surface area contributed by atoms with Gasteiger partial charge in [-0.1, -0.05) is 0 Å². The Morgan fingerprint density at radius 1 is 1.21 bits per heavy atom. The third kappa shape index (κ3) is 3.77. The molecule has 3 fully saturated rings. The molecule has 0 N–H and O–H groups in total. The van der Waals surface area contributed by atoms with Crippen LogP contribution >= 0.6 is 0 Å². The van der Waals surface area contributed by atoms with Crippen molar-refractivity contribution in [3.05, 3.63) is 33.9 Å². The lowest BCUT2D eigenvalue weighted by molar-refractivity contribution is -0.384. The van der Waals surface area contributed by atoms with Crippen LogP contribution in [0.3, 0.4) is 0 Å². The van der Waals surface area contributed by atoms with Crippen LogP contribution in [-0.4, -0.2) is 61.3 Å². The van der Waals surface area contributed by atoms with Crippen LogP contribution in [0.5, 0.6) is 0 Å². The number of hydrogen-bond acceptors (Lipinski definition) is 5. The van der Waals surface area contributed by atoms with E-state index in [1.54, 1.807) is 4.90 Å². The van der Waals surface area contributed by atoms with Crippen LogP contribution in [0.1, 0.15) is 29.6 Å². The predicted octanol–water partition coefficient (Wildman–Crippen LogP) is 3.24. The van der Waals surface area contributed by atoms with Gasteiger partial charge in [0.2, 0.25) is 0 Å². The Balaban J connectivity index is 1.58. The van der Waals surface area contributed by atoms with Gasteiger partial charge in [0, 0.05) is 43.7 Å². The van der Waals surface area contributed by atoms with E-state index >= 15 is 0 Å². The van der Waals surface area contributed by atoms with E-state index in [0.717, 1.165) is 12.8 Å². The molecule has 4 rings (SSSR count). The van der Waals surface area contributed by atoms with Crippen molar-refractivity contribution in [1.29, 1.82) is 0 Å². The van der Waals surface area contributed by atoms with E-state index in [1.807, 2.05) is 0 Å². The average molecular weight is 413 g/mol. The number of amides is 1. The molecule has 3 aliphatic heterocycles. The third-order valence-electron chi connectivity index (χ3n) is 6.34. The summed E-state index contributed by atoms with van der Waals surface area (Å²) in [5, 5.41) is 11.2. The Labute approximate surface area is 165 Å². The number of carbonyl (C=O) groups is 1. The monoisotopic (exact) mass is 413 g/mol. The first-order chi connectivity index (χ1) is 13.7. The Bertz CT molecular complexity index is 815. The molecule has 0 aromatic heterocycles. The van der Waals surface area contributed by atoms with Crippen LogP contribution in [0.25, 0.3) is 0 Å². The first-order valence-electron chi connectivity index (χ1n) is 9.66. The lowest BCUT2D eigenvalue weighted by atomic mass is 9.77. The first kappa shape index (κ1) is 19.9. The van der Waals surface area contributed by atoms with Crippen LogP contribution in [-0.2, 0) is 4.74 Å². The number of halogens is 3. The number of nitrogens with zero attached hydrogens (tertiary/aromatic N) is 3. The minimum atomic E-state index is -4.33. The fraction of sp³-hybridized carbons (Fsp3) is 0.632. The second-order valence-corrected chi connectivity index (χ2v) is 8.22. The van der Waals surface area contributed by atoms with Gasteiger partial charge in [-0.25, -0.2) is 0 Å². The van der Waals surface area contributed by atoms with Crippen molar-refractivity contribution < 1.29 is 27.6 Å². The van der Waals surface area contributed by atoms with Gasteiger partial charge in [0.15, 0.2) is 0 Å². The second-order valence-electron chi connectivity index (χ2n) is 8.22. The summed E-state index contributed by atoms with van der Waals surface area (Å²) >= 11 is 0. The number of ether oxygens (including phenoxy) is 1. The smallest absolute Gasteiger partial charge is 0.380 e. The number of nitro groups is 1. The molecule has 1 aromatic rings. The predicted molar refractivity (Wildman–Crippen MR) is 97.9 cm³/mol. The van der Waals surface area contributed by atoms with E-state index in [1.165, 1.54) is 23.1 Å². The highest BCUT2D eigenvalue weighted by atomic mass is 19.4. The fourth-order valence-corrected chi connectivity index (χ4v) is 4.36. The zero-order chi connectivity index (χ0) is 20.8. The van der Waals surface area contributed by atoms with Gasteiger partial charge in [0.25, 0.3) is 11.6 Å². The number of rotatable bonds is 3. The van der Waals surface area contributed by atoms with Crippen LogP contribution in [0.4, 0.5) is 24.5 Å². The molecule has 3 saturated heterocycles. The molecule has 29 heavy (non-hydrogen) atoms. The van der Waals surface area contributed by atoms with E-state index in [-0.39, 0.29) is 47.8 Å². The summed E-state index contributed by atoms with van der Waals surface area (Å²) in [6.07, 6.45) is -2.78. The molecular formula is C19H22F3N3O4. The summed E-state index contributed by atoms with van der Waals surface area (Å²) in [5.74, 6) is -1.79.